The minimum Gasteiger partial charge on any atom is -0.394 e. The van der Waals surface area contributed by atoms with E-state index in [9.17, 15) is 0 Å². The van der Waals surface area contributed by atoms with Gasteiger partial charge in [0.05, 0.1) is 59.5 Å². The van der Waals surface area contributed by atoms with Gasteiger partial charge in [-0.25, -0.2) is 0 Å². The molecule has 0 atom stereocenters. The van der Waals surface area contributed by atoms with Gasteiger partial charge >= 0.3 is 0 Å². The number of ether oxygens (including phenoxy) is 4. The van der Waals surface area contributed by atoms with Crippen molar-refractivity contribution in [2.75, 3.05) is 59.5 Å². The fraction of sp³-hybridized carbons (Fsp3) is 1.00. The first-order valence-electron chi connectivity index (χ1n) is 5.69. The van der Waals surface area contributed by atoms with Crippen LogP contribution in [0.1, 0.15) is 6.92 Å². The lowest BCUT2D eigenvalue weighted by molar-refractivity contribution is -0.141. The summed E-state index contributed by atoms with van der Waals surface area (Å²) in [4.78, 5) is 0. The van der Waals surface area contributed by atoms with Crippen LogP contribution in [0.15, 0.2) is 0 Å². The first-order chi connectivity index (χ1) is 7.77. The number of hydrogen-bond donors (Lipinski definition) is 1. The van der Waals surface area contributed by atoms with Crippen LogP contribution in [0.5, 0.6) is 0 Å². The monoisotopic (exact) mass is 234 g/mol. The molecule has 1 aliphatic heterocycles. The van der Waals surface area contributed by atoms with Crippen LogP contribution in [0.25, 0.3) is 0 Å². The molecular formula is C11H22O5. The zero-order valence-electron chi connectivity index (χ0n) is 9.94. The number of aliphatic hydroxyl groups is 1. The van der Waals surface area contributed by atoms with Crippen LogP contribution in [0.2, 0.25) is 0 Å². The molecule has 1 saturated heterocycles. The third kappa shape index (κ3) is 5.77. The molecule has 0 saturated carbocycles. The van der Waals surface area contributed by atoms with Crippen molar-refractivity contribution < 1.29 is 24.1 Å². The average Bonchev–Trinajstić information content (AvgIpc) is 2.24. The Balaban J connectivity index is 1.74. The lowest BCUT2D eigenvalue weighted by Crippen LogP contribution is -2.43. The van der Waals surface area contributed by atoms with Gasteiger partial charge in [0.2, 0.25) is 0 Å². The van der Waals surface area contributed by atoms with Gasteiger partial charge in [0.15, 0.2) is 0 Å². The van der Waals surface area contributed by atoms with Crippen molar-refractivity contribution in [1.29, 1.82) is 0 Å². The van der Waals surface area contributed by atoms with E-state index in [0.29, 0.717) is 33.0 Å². The molecule has 0 aromatic carbocycles. The van der Waals surface area contributed by atoms with Crippen LogP contribution >= 0.6 is 0 Å². The third-order valence-electron chi connectivity index (χ3n) is 2.33. The summed E-state index contributed by atoms with van der Waals surface area (Å²) < 4.78 is 20.9. The predicted molar refractivity (Wildman–Crippen MR) is 58.5 cm³/mol. The fourth-order valence-electron chi connectivity index (χ4n) is 1.36. The van der Waals surface area contributed by atoms with E-state index in [1.54, 1.807) is 0 Å². The SMILES string of the molecule is CC1(COCCOCCOCCO)COC1. The maximum atomic E-state index is 8.45. The average molecular weight is 234 g/mol. The van der Waals surface area contributed by atoms with Gasteiger partial charge in [0.25, 0.3) is 0 Å². The summed E-state index contributed by atoms with van der Waals surface area (Å²) >= 11 is 0. The van der Waals surface area contributed by atoms with E-state index in [1.165, 1.54) is 0 Å². The molecule has 0 unspecified atom stereocenters. The molecule has 0 bridgehead atoms. The van der Waals surface area contributed by atoms with E-state index >= 15 is 0 Å². The standard InChI is InChI=1S/C11H22O5/c1-11(9-16-10-11)8-15-7-6-14-5-4-13-3-2-12/h12H,2-10H2,1H3. The molecule has 1 N–H and O–H groups in total. The first kappa shape index (κ1) is 13.9. The Morgan fingerprint density at radius 2 is 1.56 bits per heavy atom. The molecular weight excluding hydrogens is 212 g/mol. The minimum atomic E-state index is 0.0593. The van der Waals surface area contributed by atoms with Crippen molar-refractivity contribution in [3.63, 3.8) is 0 Å². The summed E-state index contributed by atoms with van der Waals surface area (Å²) in [5, 5.41) is 8.45. The molecule has 0 spiro atoms. The molecule has 0 aliphatic carbocycles. The van der Waals surface area contributed by atoms with Gasteiger partial charge in [0, 0.05) is 5.41 Å². The van der Waals surface area contributed by atoms with Crippen LogP contribution in [-0.4, -0.2) is 64.6 Å². The topological polar surface area (TPSA) is 57.2 Å². The first-order valence-corrected chi connectivity index (χ1v) is 5.69. The van der Waals surface area contributed by atoms with Gasteiger partial charge in [0.1, 0.15) is 0 Å². The molecule has 0 aromatic rings. The summed E-state index contributed by atoms with van der Waals surface area (Å²) in [6, 6.07) is 0. The van der Waals surface area contributed by atoms with Crippen molar-refractivity contribution >= 4 is 0 Å². The maximum Gasteiger partial charge on any atom is 0.0701 e. The molecule has 1 heterocycles. The number of aliphatic hydroxyl groups excluding tert-OH is 1. The second kappa shape index (κ2) is 7.97. The normalized spacial score (nSPS) is 18.4. The molecule has 0 amide bonds. The quantitative estimate of drug-likeness (QED) is 0.542. The lowest BCUT2D eigenvalue weighted by atomic mass is 9.90. The van der Waals surface area contributed by atoms with Gasteiger partial charge in [-0.2, -0.15) is 0 Å². The van der Waals surface area contributed by atoms with Gasteiger partial charge in [-0.15, -0.1) is 0 Å². The molecule has 5 nitrogen and oxygen atoms in total. The molecule has 16 heavy (non-hydrogen) atoms. The molecule has 1 aliphatic rings. The van der Waals surface area contributed by atoms with Gasteiger partial charge in [-0.3, -0.25) is 0 Å². The van der Waals surface area contributed by atoms with E-state index < -0.39 is 0 Å². The Hall–Kier alpha value is -0.200. The van der Waals surface area contributed by atoms with Gasteiger partial charge in [-0.1, -0.05) is 6.92 Å². The highest BCUT2D eigenvalue weighted by molar-refractivity contribution is 4.79. The summed E-state index contributed by atoms with van der Waals surface area (Å²) in [7, 11) is 0. The lowest BCUT2D eigenvalue weighted by Gasteiger charge is -2.37. The molecule has 5 heteroatoms. The van der Waals surface area contributed by atoms with E-state index in [1.807, 2.05) is 0 Å². The van der Waals surface area contributed by atoms with Gasteiger partial charge < -0.3 is 24.1 Å². The molecule has 1 rings (SSSR count). The Bertz CT molecular complexity index is 170. The second-order valence-electron chi connectivity index (χ2n) is 4.30. The smallest absolute Gasteiger partial charge is 0.0701 e. The summed E-state index contributed by atoms with van der Waals surface area (Å²) in [5.74, 6) is 0. The highest BCUT2D eigenvalue weighted by Gasteiger charge is 2.33. The molecule has 1 fully saturated rings. The third-order valence-corrected chi connectivity index (χ3v) is 2.33. The van der Waals surface area contributed by atoms with Crippen LogP contribution < -0.4 is 0 Å². The maximum absolute atomic E-state index is 8.45. The van der Waals surface area contributed by atoms with Crippen LogP contribution in [0.3, 0.4) is 0 Å². The summed E-state index contributed by atoms with van der Waals surface area (Å²) in [6.45, 7) is 7.16. The molecule has 96 valence electrons. The van der Waals surface area contributed by atoms with Crippen LogP contribution in [-0.2, 0) is 18.9 Å². The van der Waals surface area contributed by atoms with Crippen LogP contribution in [0.4, 0.5) is 0 Å². The van der Waals surface area contributed by atoms with Crippen molar-refractivity contribution in [2.24, 2.45) is 5.41 Å². The zero-order valence-corrected chi connectivity index (χ0v) is 9.94. The highest BCUT2D eigenvalue weighted by Crippen LogP contribution is 2.26. The Morgan fingerprint density at radius 3 is 2.06 bits per heavy atom. The van der Waals surface area contributed by atoms with Crippen LogP contribution in [0, 0.1) is 5.41 Å². The molecule has 0 aromatic heterocycles. The van der Waals surface area contributed by atoms with Crippen molar-refractivity contribution in [1.82, 2.24) is 0 Å². The Labute approximate surface area is 96.6 Å². The second-order valence-corrected chi connectivity index (χ2v) is 4.30. The Morgan fingerprint density at radius 1 is 1.00 bits per heavy atom. The number of rotatable bonds is 10. The van der Waals surface area contributed by atoms with E-state index in [2.05, 4.69) is 6.92 Å². The van der Waals surface area contributed by atoms with E-state index in [0.717, 1.165) is 19.8 Å². The Kier molecular flexibility index (Phi) is 6.91. The van der Waals surface area contributed by atoms with Crippen molar-refractivity contribution in [3.8, 4) is 0 Å². The molecule has 0 radical (unpaired) electrons. The fourth-order valence-corrected chi connectivity index (χ4v) is 1.36. The van der Waals surface area contributed by atoms with Crippen molar-refractivity contribution in [3.05, 3.63) is 0 Å². The van der Waals surface area contributed by atoms with E-state index in [4.69, 9.17) is 24.1 Å². The predicted octanol–water partition coefficient (Wildman–Crippen LogP) is 0.0650. The highest BCUT2D eigenvalue weighted by atomic mass is 16.5. The summed E-state index contributed by atoms with van der Waals surface area (Å²) in [6.07, 6.45) is 0. The minimum absolute atomic E-state index is 0.0593. The van der Waals surface area contributed by atoms with Gasteiger partial charge in [-0.05, 0) is 0 Å². The summed E-state index contributed by atoms with van der Waals surface area (Å²) in [5.41, 5.74) is 0.213. The van der Waals surface area contributed by atoms with Crippen molar-refractivity contribution in [2.45, 2.75) is 6.92 Å². The van der Waals surface area contributed by atoms with E-state index in [-0.39, 0.29) is 12.0 Å². The number of hydrogen-bond acceptors (Lipinski definition) is 5. The largest absolute Gasteiger partial charge is 0.394 e. The zero-order chi connectivity index (χ0) is 11.7.